The summed E-state index contributed by atoms with van der Waals surface area (Å²) < 4.78 is 1.76. The second kappa shape index (κ2) is 7.67. The Bertz CT molecular complexity index is 1290. The molecule has 0 aliphatic carbocycles. The average Bonchev–Trinajstić information content (AvgIpc) is 3.42. The van der Waals surface area contributed by atoms with Gasteiger partial charge in [0.2, 0.25) is 0 Å². The van der Waals surface area contributed by atoms with E-state index in [4.69, 9.17) is 0 Å². The van der Waals surface area contributed by atoms with Crippen LogP contribution >= 0.6 is 0 Å². The topological polar surface area (TPSA) is 75.6 Å². The van der Waals surface area contributed by atoms with E-state index in [9.17, 15) is 4.79 Å². The number of carbonyl (C=O) groups excluding carboxylic acids is 1. The van der Waals surface area contributed by atoms with Crippen LogP contribution in [0.3, 0.4) is 0 Å². The van der Waals surface area contributed by atoms with Crippen molar-refractivity contribution in [2.24, 2.45) is 0 Å². The number of nitrogens with one attached hydrogen (secondary N) is 2. The van der Waals surface area contributed by atoms with Crippen molar-refractivity contribution in [2.45, 2.75) is 6.54 Å². The van der Waals surface area contributed by atoms with Crippen LogP contribution < -0.4 is 5.32 Å². The van der Waals surface area contributed by atoms with Gasteiger partial charge in [0, 0.05) is 11.8 Å². The van der Waals surface area contributed by atoms with Gasteiger partial charge >= 0.3 is 0 Å². The molecule has 5 rings (SSSR count). The summed E-state index contributed by atoms with van der Waals surface area (Å²) in [5, 5.41) is 7.32. The van der Waals surface area contributed by atoms with E-state index in [1.165, 1.54) is 0 Å². The molecule has 0 atom stereocenters. The van der Waals surface area contributed by atoms with Crippen molar-refractivity contribution in [3.8, 4) is 11.4 Å². The third-order valence-corrected chi connectivity index (χ3v) is 4.90. The monoisotopic (exact) mass is 393 g/mol. The lowest BCUT2D eigenvalue weighted by molar-refractivity contribution is 0.102. The van der Waals surface area contributed by atoms with Crippen molar-refractivity contribution in [2.75, 3.05) is 5.32 Å². The number of para-hydroxylation sites is 3. The molecular formula is C24H19N5O. The van der Waals surface area contributed by atoms with Crippen LogP contribution in [0.25, 0.3) is 22.4 Å². The van der Waals surface area contributed by atoms with Gasteiger partial charge < -0.3 is 10.3 Å². The molecule has 0 fully saturated rings. The van der Waals surface area contributed by atoms with E-state index in [1.807, 2.05) is 78.9 Å². The first-order valence-electron chi connectivity index (χ1n) is 9.68. The van der Waals surface area contributed by atoms with Crippen LogP contribution in [0.4, 0.5) is 5.69 Å². The third kappa shape index (κ3) is 3.58. The third-order valence-electron chi connectivity index (χ3n) is 4.90. The molecule has 2 aromatic heterocycles. The lowest BCUT2D eigenvalue weighted by Crippen LogP contribution is -2.12. The highest BCUT2D eigenvalue weighted by Crippen LogP contribution is 2.27. The number of H-pyrrole nitrogens is 1. The van der Waals surface area contributed by atoms with Gasteiger partial charge in [-0.15, -0.1) is 0 Å². The molecule has 30 heavy (non-hydrogen) atoms. The van der Waals surface area contributed by atoms with E-state index in [0.717, 1.165) is 22.2 Å². The lowest BCUT2D eigenvalue weighted by atomic mass is 10.1. The fraction of sp³-hybridized carbons (Fsp3) is 0.0417. The number of imidazole rings is 1. The van der Waals surface area contributed by atoms with Crippen LogP contribution in [0.1, 0.15) is 15.9 Å². The van der Waals surface area contributed by atoms with Crippen molar-refractivity contribution < 1.29 is 4.79 Å². The summed E-state index contributed by atoms with van der Waals surface area (Å²) in [6.07, 6.45) is 3.34. The highest BCUT2D eigenvalue weighted by molar-refractivity contribution is 6.05. The number of benzene rings is 3. The van der Waals surface area contributed by atoms with Gasteiger partial charge in [-0.05, 0) is 29.8 Å². The Morgan fingerprint density at radius 1 is 0.933 bits per heavy atom. The SMILES string of the molecule is O=C(Nc1ccccc1-c1nc2ccccc2[nH]1)c1cnn(Cc2ccccc2)c1. The zero-order valence-corrected chi connectivity index (χ0v) is 16.1. The Kier molecular flexibility index (Phi) is 4.57. The average molecular weight is 393 g/mol. The van der Waals surface area contributed by atoms with Gasteiger partial charge in [-0.25, -0.2) is 4.98 Å². The molecule has 3 aromatic carbocycles. The molecule has 0 aliphatic heterocycles. The van der Waals surface area contributed by atoms with Crippen LogP contribution in [0.2, 0.25) is 0 Å². The van der Waals surface area contributed by atoms with E-state index in [1.54, 1.807) is 17.1 Å². The normalized spacial score (nSPS) is 10.9. The number of aromatic nitrogens is 4. The molecular weight excluding hydrogens is 374 g/mol. The van der Waals surface area contributed by atoms with Crippen LogP contribution in [0.5, 0.6) is 0 Å². The Morgan fingerprint density at radius 3 is 2.57 bits per heavy atom. The van der Waals surface area contributed by atoms with Gasteiger partial charge in [0.25, 0.3) is 5.91 Å². The van der Waals surface area contributed by atoms with Crippen molar-refractivity contribution in [1.82, 2.24) is 19.7 Å². The second-order valence-corrected chi connectivity index (χ2v) is 7.01. The summed E-state index contributed by atoms with van der Waals surface area (Å²) in [6.45, 7) is 0.615. The molecule has 0 spiro atoms. The maximum atomic E-state index is 12.8. The van der Waals surface area contributed by atoms with Crippen molar-refractivity contribution >= 4 is 22.6 Å². The molecule has 0 saturated heterocycles. The summed E-state index contributed by atoms with van der Waals surface area (Å²) in [4.78, 5) is 20.8. The van der Waals surface area contributed by atoms with Crippen molar-refractivity contribution in [1.29, 1.82) is 0 Å². The highest BCUT2D eigenvalue weighted by atomic mass is 16.1. The minimum Gasteiger partial charge on any atom is -0.338 e. The number of amides is 1. The molecule has 6 heteroatoms. The molecule has 6 nitrogen and oxygen atoms in total. The molecule has 2 N–H and O–H groups in total. The van der Waals surface area contributed by atoms with E-state index in [-0.39, 0.29) is 5.91 Å². The Morgan fingerprint density at radius 2 is 1.70 bits per heavy atom. The summed E-state index contributed by atoms with van der Waals surface area (Å²) >= 11 is 0. The van der Waals surface area contributed by atoms with Crippen molar-refractivity contribution in [3.05, 3.63) is 102 Å². The van der Waals surface area contributed by atoms with E-state index >= 15 is 0 Å². The fourth-order valence-corrected chi connectivity index (χ4v) is 3.41. The largest absolute Gasteiger partial charge is 0.338 e. The molecule has 0 unspecified atom stereocenters. The Labute approximate surface area is 173 Å². The zero-order chi connectivity index (χ0) is 20.3. The van der Waals surface area contributed by atoms with Crippen LogP contribution in [0, 0.1) is 0 Å². The number of carbonyl (C=O) groups is 1. The standard InChI is InChI=1S/C24H19N5O/c30-24(18-14-25-29(16-18)15-17-8-2-1-3-9-17)28-20-11-5-4-10-19(20)23-26-21-12-6-7-13-22(21)27-23/h1-14,16H,15H2,(H,26,27)(H,28,30). The first-order valence-corrected chi connectivity index (χ1v) is 9.68. The number of nitrogens with zero attached hydrogens (tertiary/aromatic N) is 3. The van der Waals surface area contributed by atoms with E-state index in [0.29, 0.717) is 23.6 Å². The highest BCUT2D eigenvalue weighted by Gasteiger charge is 2.14. The number of hydrogen-bond donors (Lipinski definition) is 2. The summed E-state index contributed by atoms with van der Waals surface area (Å²) in [6, 6.07) is 25.5. The number of fused-ring (bicyclic) bond motifs is 1. The molecule has 2 heterocycles. The molecule has 146 valence electrons. The smallest absolute Gasteiger partial charge is 0.258 e. The molecule has 0 radical (unpaired) electrons. The van der Waals surface area contributed by atoms with Gasteiger partial charge in [0.05, 0.1) is 35.0 Å². The Balaban J connectivity index is 1.38. The van der Waals surface area contributed by atoms with E-state index in [2.05, 4.69) is 20.4 Å². The van der Waals surface area contributed by atoms with Gasteiger partial charge in [-0.1, -0.05) is 54.6 Å². The summed E-state index contributed by atoms with van der Waals surface area (Å²) in [7, 11) is 0. The number of hydrogen-bond acceptors (Lipinski definition) is 3. The quantitative estimate of drug-likeness (QED) is 0.453. The van der Waals surface area contributed by atoms with Crippen molar-refractivity contribution in [3.63, 3.8) is 0 Å². The number of rotatable bonds is 5. The van der Waals surface area contributed by atoms with E-state index < -0.39 is 0 Å². The van der Waals surface area contributed by atoms with Crippen LogP contribution in [-0.2, 0) is 6.54 Å². The molecule has 0 aliphatic rings. The van der Waals surface area contributed by atoms with Crippen LogP contribution in [0.15, 0.2) is 91.3 Å². The summed E-state index contributed by atoms with van der Waals surface area (Å²) in [5.41, 5.74) is 5.00. The molecule has 0 saturated carbocycles. The first kappa shape index (κ1) is 17.9. The minimum absolute atomic E-state index is 0.210. The number of anilines is 1. The molecule has 0 bridgehead atoms. The maximum absolute atomic E-state index is 12.8. The lowest BCUT2D eigenvalue weighted by Gasteiger charge is -2.08. The summed E-state index contributed by atoms with van der Waals surface area (Å²) in [5.74, 6) is 0.504. The van der Waals surface area contributed by atoms with Gasteiger partial charge in [-0.3, -0.25) is 9.48 Å². The molecule has 5 aromatic rings. The zero-order valence-electron chi connectivity index (χ0n) is 16.1. The van der Waals surface area contributed by atoms with Gasteiger partial charge in [0.15, 0.2) is 0 Å². The van der Waals surface area contributed by atoms with Gasteiger partial charge in [0.1, 0.15) is 5.82 Å². The van der Waals surface area contributed by atoms with Crippen LogP contribution in [-0.4, -0.2) is 25.7 Å². The first-order chi connectivity index (χ1) is 14.8. The predicted molar refractivity (Wildman–Crippen MR) is 117 cm³/mol. The molecule has 1 amide bonds. The fourth-order valence-electron chi connectivity index (χ4n) is 3.41. The van der Waals surface area contributed by atoms with Gasteiger partial charge in [-0.2, -0.15) is 5.10 Å². The maximum Gasteiger partial charge on any atom is 0.258 e. The second-order valence-electron chi connectivity index (χ2n) is 7.01. The Hall–Kier alpha value is -4.19. The number of aromatic amines is 1. The minimum atomic E-state index is -0.210. The predicted octanol–water partition coefficient (Wildman–Crippen LogP) is 4.73.